The van der Waals surface area contributed by atoms with Crippen molar-refractivity contribution in [3.05, 3.63) is 0 Å². The van der Waals surface area contributed by atoms with Gasteiger partial charge in [0, 0.05) is 6.54 Å². The lowest BCUT2D eigenvalue weighted by atomic mass is 9.60. The van der Waals surface area contributed by atoms with E-state index in [9.17, 15) is 9.59 Å². The van der Waals surface area contributed by atoms with E-state index in [0.717, 1.165) is 12.8 Å². The second-order valence-corrected chi connectivity index (χ2v) is 6.79. The topological polar surface area (TPSA) is 75.6 Å². The number of carbonyl (C=O) groups is 2. The zero-order chi connectivity index (χ0) is 13.6. The first-order valence-electron chi connectivity index (χ1n) is 6.37. The Hall–Kier alpha value is -1.26. The largest absolute Gasteiger partial charge is 0.481 e. The van der Waals surface area contributed by atoms with Crippen LogP contribution in [0, 0.1) is 10.8 Å². The average Bonchev–Trinajstić information content (AvgIpc) is 2.66. The van der Waals surface area contributed by atoms with Crippen molar-refractivity contribution in [2.45, 2.75) is 52.1 Å². The number of amides is 1. The van der Waals surface area contributed by atoms with Crippen LogP contribution >= 0.6 is 0 Å². The van der Waals surface area contributed by atoms with E-state index < -0.39 is 23.1 Å². The number of aliphatic carboxylic acids is 1. The second-order valence-electron chi connectivity index (χ2n) is 6.79. The molecule has 18 heavy (non-hydrogen) atoms. The highest BCUT2D eigenvalue weighted by Crippen LogP contribution is 2.66. The molecule has 3 saturated carbocycles. The van der Waals surface area contributed by atoms with Crippen molar-refractivity contribution in [3.63, 3.8) is 0 Å². The SMILES string of the molecule is CC(C)(C)OC(=O)NCC12CCC(C(=O)O)(C1)C2. The first-order chi connectivity index (χ1) is 8.17. The van der Waals surface area contributed by atoms with Gasteiger partial charge in [0.1, 0.15) is 5.60 Å². The molecular weight excluding hydrogens is 234 g/mol. The number of ether oxygens (including phenoxy) is 1. The smallest absolute Gasteiger partial charge is 0.407 e. The summed E-state index contributed by atoms with van der Waals surface area (Å²) in [4.78, 5) is 22.7. The van der Waals surface area contributed by atoms with Crippen LogP contribution in [-0.2, 0) is 9.53 Å². The van der Waals surface area contributed by atoms with Crippen LogP contribution in [0.1, 0.15) is 46.5 Å². The Labute approximate surface area is 107 Å². The van der Waals surface area contributed by atoms with Gasteiger partial charge >= 0.3 is 12.1 Å². The molecule has 5 heteroatoms. The Morgan fingerprint density at radius 2 is 1.89 bits per heavy atom. The van der Waals surface area contributed by atoms with E-state index >= 15 is 0 Å². The third kappa shape index (κ3) is 2.31. The number of carboxylic acids is 1. The Kier molecular flexibility index (Phi) is 2.83. The van der Waals surface area contributed by atoms with Crippen LogP contribution < -0.4 is 5.32 Å². The van der Waals surface area contributed by atoms with Crippen molar-refractivity contribution in [2.75, 3.05) is 6.54 Å². The molecule has 0 aliphatic heterocycles. The molecular formula is C13H21NO4. The number of carbonyl (C=O) groups excluding carboxylic acids is 1. The van der Waals surface area contributed by atoms with Crippen LogP contribution in [0.15, 0.2) is 0 Å². The van der Waals surface area contributed by atoms with Gasteiger partial charge in [0.25, 0.3) is 0 Å². The van der Waals surface area contributed by atoms with Crippen LogP contribution in [0.5, 0.6) is 0 Å². The summed E-state index contributed by atoms with van der Waals surface area (Å²) in [7, 11) is 0. The van der Waals surface area contributed by atoms with Gasteiger partial charge in [-0.05, 0) is 51.9 Å². The van der Waals surface area contributed by atoms with Crippen LogP contribution in [0.2, 0.25) is 0 Å². The molecule has 2 N–H and O–H groups in total. The molecule has 0 aromatic rings. The normalized spacial score (nSPS) is 33.7. The quantitative estimate of drug-likeness (QED) is 0.810. The van der Waals surface area contributed by atoms with Crippen LogP contribution in [0.25, 0.3) is 0 Å². The standard InChI is InChI=1S/C13H21NO4/c1-11(2,3)18-10(17)14-8-12-4-5-13(6-12,7-12)9(15)16/h4-8H2,1-3H3,(H,14,17)(H,15,16). The Morgan fingerprint density at radius 3 is 2.33 bits per heavy atom. The van der Waals surface area contributed by atoms with Crippen LogP contribution in [0.3, 0.4) is 0 Å². The molecule has 3 rings (SSSR count). The summed E-state index contributed by atoms with van der Waals surface area (Å²) < 4.78 is 5.17. The molecule has 0 spiro atoms. The first kappa shape index (κ1) is 13.2. The highest BCUT2D eigenvalue weighted by molar-refractivity contribution is 5.77. The van der Waals surface area contributed by atoms with Crippen molar-refractivity contribution in [1.29, 1.82) is 0 Å². The molecule has 5 nitrogen and oxygen atoms in total. The number of carboxylic acid groups (broad SMARTS) is 1. The van der Waals surface area contributed by atoms with Gasteiger partial charge in [-0.25, -0.2) is 4.79 Å². The van der Waals surface area contributed by atoms with Crippen molar-refractivity contribution in [2.24, 2.45) is 10.8 Å². The number of nitrogens with one attached hydrogen (secondary N) is 1. The molecule has 0 aromatic carbocycles. The lowest BCUT2D eigenvalue weighted by Gasteiger charge is -2.44. The number of fused-ring (bicyclic) bond motifs is 1. The molecule has 0 atom stereocenters. The molecule has 0 aromatic heterocycles. The van der Waals surface area contributed by atoms with Crippen molar-refractivity contribution in [1.82, 2.24) is 5.32 Å². The van der Waals surface area contributed by atoms with E-state index in [0.29, 0.717) is 19.4 Å². The third-order valence-corrected chi connectivity index (χ3v) is 4.02. The summed E-state index contributed by atoms with van der Waals surface area (Å²) in [5.74, 6) is -0.687. The highest BCUT2D eigenvalue weighted by Gasteiger charge is 2.64. The van der Waals surface area contributed by atoms with Gasteiger partial charge in [0.2, 0.25) is 0 Å². The maximum atomic E-state index is 11.5. The molecule has 0 radical (unpaired) electrons. The minimum Gasteiger partial charge on any atom is -0.481 e. The lowest BCUT2D eigenvalue weighted by molar-refractivity contribution is -0.156. The summed E-state index contributed by atoms with van der Waals surface area (Å²) in [6, 6.07) is 0. The fraction of sp³-hybridized carbons (Fsp3) is 0.846. The maximum Gasteiger partial charge on any atom is 0.407 e. The molecule has 0 saturated heterocycles. The van der Waals surface area contributed by atoms with Crippen LogP contribution in [0.4, 0.5) is 4.79 Å². The summed E-state index contributed by atoms with van der Waals surface area (Å²) >= 11 is 0. The number of rotatable bonds is 3. The number of hydrogen-bond donors (Lipinski definition) is 2. The zero-order valence-corrected chi connectivity index (χ0v) is 11.2. The van der Waals surface area contributed by atoms with Crippen LogP contribution in [-0.4, -0.2) is 29.3 Å². The van der Waals surface area contributed by atoms with Crippen molar-refractivity contribution >= 4 is 12.1 Å². The van der Waals surface area contributed by atoms with Crippen molar-refractivity contribution < 1.29 is 19.4 Å². The number of hydrogen-bond acceptors (Lipinski definition) is 3. The fourth-order valence-corrected chi connectivity index (χ4v) is 3.29. The molecule has 3 aliphatic rings. The Balaban J connectivity index is 1.80. The molecule has 0 unspecified atom stereocenters. The summed E-state index contributed by atoms with van der Waals surface area (Å²) in [5, 5.41) is 11.9. The summed E-state index contributed by atoms with van der Waals surface area (Å²) in [6.45, 7) is 5.98. The third-order valence-electron chi connectivity index (χ3n) is 4.02. The van der Waals surface area contributed by atoms with E-state index in [1.807, 2.05) is 20.8 Å². The fourth-order valence-electron chi connectivity index (χ4n) is 3.29. The number of alkyl carbamates (subject to hydrolysis) is 1. The minimum atomic E-state index is -0.687. The Bertz CT molecular complexity index is 377. The van der Waals surface area contributed by atoms with Gasteiger partial charge in [0.05, 0.1) is 5.41 Å². The molecule has 1 amide bonds. The molecule has 3 aliphatic carbocycles. The average molecular weight is 255 g/mol. The molecule has 2 bridgehead atoms. The predicted octanol–water partition coefficient (Wildman–Crippen LogP) is 2.16. The van der Waals surface area contributed by atoms with Crippen molar-refractivity contribution in [3.8, 4) is 0 Å². The van der Waals surface area contributed by atoms with Gasteiger partial charge in [0.15, 0.2) is 0 Å². The second kappa shape index (κ2) is 3.87. The zero-order valence-electron chi connectivity index (χ0n) is 11.2. The van der Waals surface area contributed by atoms with Gasteiger partial charge in [-0.1, -0.05) is 0 Å². The minimum absolute atomic E-state index is 0.00467. The molecule has 0 heterocycles. The van der Waals surface area contributed by atoms with Gasteiger partial charge in [-0.2, -0.15) is 0 Å². The molecule has 3 fully saturated rings. The van der Waals surface area contributed by atoms with E-state index in [4.69, 9.17) is 9.84 Å². The maximum absolute atomic E-state index is 11.5. The van der Waals surface area contributed by atoms with Gasteiger partial charge < -0.3 is 15.2 Å². The Morgan fingerprint density at radius 1 is 1.28 bits per heavy atom. The first-order valence-corrected chi connectivity index (χ1v) is 6.37. The summed E-state index contributed by atoms with van der Waals surface area (Å²) in [6.07, 6.45) is 2.57. The summed E-state index contributed by atoms with van der Waals surface area (Å²) in [5.41, 5.74) is -1.01. The highest BCUT2D eigenvalue weighted by atomic mass is 16.6. The van der Waals surface area contributed by atoms with Gasteiger partial charge in [-0.15, -0.1) is 0 Å². The van der Waals surface area contributed by atoms with E-state index in [-0.39, 0.29) is 5.41 Å². The monoisotopic (exact) mass is 255 g/mol. The van der Waals surface area contributed by atoms with E-state index in [1.165, 1.54) is 0 Å². The van der Waals surface area contributed by atoms with E-state index in [2.05, 4.69) is 5.32 Å². The predicted molar refractivity (Wildman–Crippen MR) is 65.2 cm³/mol. The van der Waals surface area contributed by atoms with E-state index in [1.54, 1.807) is 0 Å². The van der Waals surface area contributed by atoms with Gasteiger partial charge in [-0.3, -0.25) is 4.79 Å². The lowest BCUT2D eigenvalue weighted by Crippen LogP contribution is -2.49. The molecule has 102 valence electrons.